The zero-order chi connectivity index (χ0) is 68.1. The minimum Gasteiger partial charge on any atom is -0.456 e. The van der Waals surface area contributed by atoms with Crippen LogP contribution in [-0.4, -0.2) is 254 Å². The number of rotatable bonds is 27. The van der Waals surface area contributed by atoms with E-state index < -0.39 is 203 Å². The molecule has 6 saturated heterocycles. The normalized spacial score (nSPS) is 40.0. The largest absolute Gasteiger partial charge is 0.456 e. The standard InChI is InChI=1S/C65H112O28/c1-9-11-13-14-15-16-19-22-26-30-43(70)87-56-51(78)53(91-65-59(93-61-49(76)47(74)45(72)41(32-66)85-61)58(89-60(79)34(3)35(4)68)54(38(7)82-65)83-39(8)69)37(6)80-62(56)90-52-36(5)81-63-57(50(52)77)88-44(71)31-27-23-20-17-18-21-25-29-40(28-24-12-10-2)84-64-55(92-63)48(75)46(73)42(33-67)86-64/h34-38,40-42,45-59,61-68,72-78H,9-33H2,1-8H3/t34-,35+,36+,37+,38+,40+,41-,42-,45-,46-,47+,48+,49-,50-,51-,52+,53+,54+,55-,56-,57-,58-,59-,61+,62+,63+,64-,65+/m1/s1. The van der Waals surface area contributed by atoms with Crippen LogP contribution in [-0.2, 0) is 85.5 Å². The molecule has 0 amide bonds. The lowest BCUT2D eigenvalue weighted by Gasteiger charge is -2.50. The molecule has 0 aromatic rings. The number of aliphatic hydroxyl groups is 10. The number of hydrogen-bond acceptors (Lipinski definition) is 28. The van der Waals surface area contributed by atoms with Crippen LogP contribution in [0.15, 0.2) is 0 Å². The van der Waals surface area contributed by atoms with Crippen molar-refractivity contribution in [1.29, 1.82) is 0 Å². The number of hydrogen-bond donors (Lipinski definition) is 10. The molecule has 6 aliphatic rings. The average Bonchev–Trinajstić information content (AvgIpc) is 0.780. The topological polar surface area (TPSA) is 400 Å². The number of ether oxygens (including phenoxy) is 14. The summed E-state index contributed by atoms with van der Waals surface area (Å²) in [5.41, 5.74) is 0. The Morgan fingerprint density at radius 2 is 1.02 bits per heavy atom. The van der Waals surface area contributed by atoms with Crippen molar-refractivity contribution in [3.05, 3.63) is 0 Å². The Balaban J connectivity index is 1.34. The van der Waals surface area contributed by atoms with Gasteiger partial charge in [0.15, 0.2) is 62.0 Å². The SMILES string of the molecule is CCCCCCCCCCCC(=O)O[C@H]1[C@H](O[C@@H]2[C@@H](O)[C@H]3OC(=O)CCCCCCCCC[C@H](CCCCC)O[C@@H]4O[C@H](CO)[C@@H](O)[C@H](O)[C@H]4O[C@@H]3O[C@H]2C)O[C@@H](C)[C@H](O[C@@H]2O[C@@H](C)[C@H](OC(C)=O)[C@@H](OC(=O)[C@H](C)[C@H](C)O)[C@H]2O[C@@H]2O[C@H](CO)[C@@H](O)[C@H](O)[C@H]2O)[C@H]1O. The fourth-order valence-corrected chi connectivity index (χ4v) is 12.7. The Hall–Kier alpha value is -2.92. The Labute approximate surface area is 546 Å². The summed E-state index contributed by atoms with van der Waals surface area (Å²) in [5, 5.41) is 112. The molecule has 6 heterocycles. The van der Waals surface area contributed by atoms with Gasteiger partial charge in [-0.25, -0.2) is 0 Å². The van der Waals surface area contributed by atoms with E-state index in [2.05, 4.69) is 13.8 Å². The fraction of sp³-hybridized carbons (Fsp3) is 0.938. The van der Waals surface area contributed by atoms with E-state index in [1.54, 1.807) is 0 Å². The van der Waals surface area contributed by atoms with Crippen LogP contribution in [0.4, 0.5) is 0 Å². The summed E-state index contributed by atoms with van der Waals surface area (Å²) in [4.78, 5) is 54.5. The summed E-state index contributed by atoms with van der Waals surface area (Å²) in [6.07, 6.45) is -25.4. The number of fused-ring (bicyclic) bond motifs is 2. The molecule has 93 heavy (non-hydrogen) atoms. The highest BCUT2D eigenvalue weighted by Gasteiger charge is 2.59. The van der Waals surface area contributed by atoms with E-state index in [4.69, 9.17) is 66.3 Å². The van der Waals surface area contributed by atoms with Crippen molar-refractivity contribution in [2.45, 2.75) is 369 Å². The second kappa shape index (κ2) is 39.6. The van der Waals surface area contributed by atoms with E-state index in [-0.39, 0.29) is 18.9 Å². The average molecular weight is 1340 g/mol. The minimum atomic E-state index is -2.05. The Morgan fingerprint density at radius 3 is 1.65 bits per heavy atom. The molecule has 0 radical (unpaired) electrons. The van der Waals surface area contributed by atoms with Crippen molar-refractivity contribution >= 4 is 23.9 Å². The molecule has 6 rings (SSSR count). The Kier molecular flexibility index (Phi) is 33.7. The summed E-state index contributed by atoms with van der Waals surface area (Å²) in [5.74, 6) is -4.60. The molecule has 0 saturated carbocycles. The van der Waals surface area contributed by atoms with Gasteiger partial charge in [-0.1, -0.05) is 123 Å². The molecule has 28 atom stereocenters. The highest BCUT2D eigenvalue weighted by atomic mass is 16.8. The molecular weight excluding hydrogens is 1230 g/mol. The molecule has 0 unspecified atom stereocenters. The van der Waals surface area contributed by atoms with Gasteiger partial charge in [0, 0.05) is 19.8 Å². The maximum absolute atomic E-state index is 14.1. The molecule has 0 aromatic heterocycles. The molecule has 0 aromatic carbocycles. The van der Waals surface area contributed by atoms with E-state index in [1.807, 2.05) is 0 Å². The van der Waals surface area contributed by atoms with Gasteiger partial charge in [0.05, 0.1) is 49.7 Å². The quantitative estimate of drug-likeness (QED) is 0.0321. The molecule has 0 aliphatic carbocycles. The number of aliphatic hydroxyl groups excluding tert-OH is 10. The lowest BCUT2D eigenvalue weighted by Crippen LogP contribution is -2.68. The van der Waals surface area contributed by atoms with Crippen LogP contribution in [0.2, 0.25) is 0 Å². The zero-order valence-electron chi connectivity index (χ0n) is 55.7. The molecule has 28 heteroatoms. The molecule has 0 spiro atoms. The summed E-state index contributed by atoms with van der Waals surface area (Å²) >= 11 is 0. The van der Waals surface area contributed by atoms with E-state index in [9.17, 15) is 70.2 Å². The predicted octanol–water partition coefficient (Wildman–Crippen LogP) is 2.82. The highest BCUT2D eigenvalue weighted by molar-refractivity contribution is 5.73. The molecule has 540 valence electrons. The second-order valence-corrected chi connectivity index (χ2v) is 26.2. The van der Waals surface area contributed by atoms with Gasteiger partial charge in [-0.15, -0.1) is 0 Å². The van der Waals surface area contributed by atoms with Gasteiger partial charge in [-0.3, -0.25) is 19.2 Å². The van der Waals surface area contributed by atoms with Crippen molar-refractivity contribution in [3.63, 3.8) is 0 Å². The van der Waals surface area contributed by atoms with E-state index in [1.165, 1.54) is 34.6 Å². The highest BCUT2D eigenvalue weighted by Crippen LogP contribution is 2.40. The van der Waals surface area contributed by atoms with Gasteiger partial charge in [0.25, 0.3) is 0 Å². The van der Waals surface area contributed by atoms with Gasteiger partial charge in [-0.2, -0.15) is 0 Å². The maximum Gasteiger partial charge on any atom is 0.311 e. The lowest BCUT2D eigenvalue weighted by atomic mass is 9.95. The zero-order valence-corrected chi connectivity index (χ0v) is 55.7. The van der Waals surface area contributed by atoms with Crippen LogP contribution >= 0.6 is 0 Å². The molecule has 28 nitrogen and oxygen atoms in total. The first kappa shape index (κ1) is 79.1. The smallest absolute Gasteiger partial charge is 0.311 e. The van der Waals surface area contributed by atoms with Crippen molar-refractivity contribution < 1.29 is 137 Å². The van der Waals surface area contributed by atoms with Crippen molar-refractivity contribution in [3.8, 4) is 0 Å². The van der Waals surface area contributed by atoms with Gasteiger partial charge in [0.1, 0.15) is 73.2 Å². The summed E-state index contributed by atoms with van der Waals surface area (Å²) in [7, 11) is 0. The van der Waals surface area contributed by atoms with E-state index >= 15 is 0 Å². The van der Waals surface area contributed by atoms with Crippen LogP contribution < -0.4 is 0 Å². The summed E-state index contributed by atoms with van der Waals surface area (Å²) < 4.78 is 87.3. The monoisotopic (exact) mass is 1340 g/mol. The third-order valence-corrected chi connectivity index (χ3v) is 18.6. The fourth-order valence-electron chi connectivity index (χ4n) is 12.7. The first-order chi connectivity index (χ1) is 44.4. The minimum absolute atomic E-state index is 0.0610. The van der Waals surface area contributed by atoms with Crippen LogP contribution in [0.3, 0.4) is 0 Å². The van der Waals surface area contributed by atoms with E-state index in [0.29, 0.717) is 32.1 Å². The van der Waals surface area contributed by atoms with Crippen LogP contribution in [0.5, 0.6) is 0 Å². The molecular formula is C65H112O28. The molecule has 6 aliphatic heterocycles. The first-order valence-corrected chi connectivity index (χ1v) is 34.4. The van der Waals surface area contributed by atoms with Gasteiger partial charge in [-0.05, 0) is 60.3 Å². The van der Waals surface area contributed by atoms with Crippen LogP contribution in [0, 0.1) is 5.92 Å². The number of esters is 4. The van der Waals surface area contributed by atoms with Crippen molar-refractivity contribution in [1.82, 2.24) is 0 Å². The summed E-state index contributed by atoms with van der Waals surface area (Å²) in [6, 6.07) is 0. The van der Waals surface area contributed by atoms with Gasteiger partial charge in [0.2, 0.25) is 0 Å². The van der Waals surface area contributed by atoms with Crippen LogP contribution in [0.25, 0.3) is 0 Å². The van der Waals surface area contributed by atoms with Crippen molar-refractivity contribution in [2.24, 2.45) is 5.92 Å². The number of carbonyl (C=O) groups is 4. The maximum atomic E-state index is 14.1. The van der Waals surface area contributed by atoms with Gasteiger partial charge < -0.3 is 117 Å². The summed E-state index contributed by atoms with van der Waals surface area (Å²) in [6.45, 7) is 10.8. The molecule has 0 bridgehead atoms. The van der Waals surface area contributed by atoms with Gasteiger partial charge >= 0.3 is 23.9 Å². The van der Waals surface area contributed by atoms with Crippen molar-refractivity contribution in [2.75, 3.05) is 13.2 Å². The predicted molar refractivity (Wildman–Crippen MR) is 324 cm³/mol. The first-order valence-electron chi connectivity index (χ1n) is 34.4. The Morgan fingerprint density at radius 1 is 0.495 bits per heavy atom. The number of carbonyl (C=O) groups excluding carboxylic acids is 4. The second-order valence-electron chi connectivity index (χ2n) is 26.2. The van der Waals surface area contributed by atoms with Crippen LogP contribution in [0.1, 0.15) is 203 Å². The Bertz CT molecular complexity index is 2180. The third-order valence-electron chi connectivity index (χ3n) is 18.6. The third kappa shape index (κ3) is 22.5. The molecule has 6 fully saturated rings. The van der Waals surface area contributed by atoms with E-state index in [0.717, 1.165) is 110 Å². The number of unbranched alkanes of at least 4 members (excludes halogenated alkanes) is 10. The molecule has 10 N–H and O–H groups in total. The lowest BCUT2D eigenvalue weighted by molar-refractivity contribution is -0.396.